The van der Waals surface area contributed by atoms with E-state index in [4.69, 9.17) is 0 Å². The number of rotatable bonds is 7. The highest BCUT2D eigenvalue weighted by molar-refractivity contribution is 7.11. The number of benzene rings is 1. The molecule has 0 saturated carbocycles. The summed E-state index contributed by atoms with van der Waals surface area (Å²) in [5.41, 5.74) is 2.14. The molecule has 2 aromatic rings. The van der Waals surface area contributed by atoms with E-state index >= 15 is 0 Å². The lowest BCUT2D eigenvalue weighted by Gasteiger charge is -2.12. The zero-order valence-corrected chi connectivity index (χ0v) is 15.3. The molecule has 0 unspecified atom stereocenters. The Kier molecular flexibility index (Phi) is 7.18. The maximum absolute atomic E-state index is 13.1. The van der Waals surface area contributed by atoms with Gasteiger partial charge in [0, 0.05) is 37.1 Å². The fourth-order valence-electron chi connectivity index (χ4n) is 2.38. The smallest absolute Gasteiger partial charge is 0.191 e. The first kappa shape index (κ1) is 18.4. The summed E-state index contributed by atoms with van der Waals surface area (Å²) in [7, 11) is 0. The summed E-state index contributed by atoms with van der Waals surface area (Å²) < 4.78 is 13.1. The lowest BCUT2D eigenvalue weighted by atomic mass is 10.1. The van der Waals surface area contributed by atoms with Crippen molar-refractivity contribution in [2.45, 2.75) is 33.6 Å². The number of nitrogens with zero attached hydrogens (tertiary/aromatic N) is 2. The van der Waals surface area contributed by atoms with Crippen LogP contribution in [-0.4, -0.2) is 30.6 Å². The summed E-state index contributed by atoms with van der Waals surface area (Å²) in [5, 5.41) is 7.70. The fraction of sp³-hybridized carbons (Fsp3) is 0.444. The van der Waals surface area contributed by atoms with E-state index in [0.717, 1.165) is 48.0 Å². The number of aromatic nitrogens is 1. The number of thiazole rings is 1. The summed E-state index contributed by atoms with van der Waals surface area (Å²) in [6.07, 6.45) is 3.59. The molecule has 130 valence electrons. The van der Waals surface area contributed by atoms with Crippen LogP contribution in [0.25, 0.3) is 0 Å². The maximum atomic E-state index is 13.1. The van der Waals surface area contributed by atoms with Gasteiger partial charge >= 0.3 is 0 Å². The molecule has 2 rings (SSSR count). The van der Waals surface area contributed by atoms with Crippen molar-refractivity contribution in [3.63, 3.8) is 0 Å². The Bertz CT molecular complexity index is 681. The first-order valence-electron chi connectivity index (χ1n) is 8.27. The molecule has 0 aliphatic rings. The second-order valence-electron chi connectivity index (χ2n) is 5.62. The van der Waals surface area contributed by atoms with E-state index < -0.39 is 0 Å². The number of halogens is 1. The van der Waals surface area contributed by atoms with Gasteiger partial charge in [0.15, 0.2) is 5.96 Å². The Morgan fingerprint density at radius 2 is 2.08 bits per heavy atom. The monoisotopic (exact) mass is 348 g/mol. The van der Waals surface area contributed by atoms with Gasteiger partial charge in [-0.05, 0) is 50.5 Å². The Morgan fingerprint density at radius 3 is 2.75 bits per heavy atom. The predicted octanol–water partition coefficient (Wildman–Crippen LogP) is 3.24. The lowest BCUT2D eigenvalue weighted by Crippen LogP contribution is -2.38. The Hall–Kier alpha value is -1.95. The highest BCUT2D eigenvalue weighted by Crippen LogP contribution is 2.11. The Labute approximate surface area is 147 Å². The van der Waals surface area contributed by atoms with Gasteiger partial charge in [-0.1, -0.05) is 6.07 Å². The molecule has 0 saturated heterocycles. The number of aliphatic imine (C=N–C) groups is 1. The van der Waals surface area contributed by atoms with Crippen LogP contribution >= 0.6 is 11.3 Å². The van der Waals surface area contributed by atoms with E-state index in [9.17, 15) is 4.39 Å². The highest BCUT2D eigenvalue weighted by atomic mass is 32.1. The minimum absolute atomic E-state index is 0.184. The molecule has 4 nitrogen and oxygen atoms in total. The van der Waals surface area contributed by atoms with Crippen molar-refractivity contribution >= 4 is 17.3 Å². The average molecular weight is 348 g/mol. The molecule has 0 aliphatic heterocycles. The number of nitrogens with one attached hydrogen (secondary N) is 2. The van der Waals surface area contributed by atoms with Crippen molar-refractivity contribution in [1.82, 2.24) is 15.6 Å². The molecule has 0 radical (unpaired) electrons. The summed E-state index contributed by atoms with van der Waals surface area (Å²) in [4.78, 5) is 10.2. The third-order valence-electron chi connectivity index (χ3n) is 3.60. The highest BCUT2D eigenvalue weighted by Gasteiger charge is 2.02. The summed E-state index contributed by atoms with van der Waals surface area (Å²) >= 11 is 1.72. The van der Waals surface area contributed by atoms with Gasteiger partial charge in [0.1, 0.15) is 5.82 Å². The molecule has 0 fully saturated rings. The molecular weight excluding hydrogens is 323 g/mol. The summed E-state index contributed by atoms with van der Waals surface area (Å²) in [6, 6.07) is 4.93. The molecule has 24 heavy (non-hydrogen) atoms. The molecule has 6 heteroatoms. The lowest BCUT2D eigenvalue weighted by molar-refractivity contribution is 0.625. The second kappa shape index (κ2) is 9.37. The van der Waals surface area contributed by atoms with E-state index in [2.05, 4.69) is 27.5 Å². The van der Waals surface area contributed by atoms with Gasteiger partial charge in [-0.2, -0.15) is 0 Å². The minimum Gasteiger partial charge on any atom is -0.357 e. The van der Waals surface area contributed by atoms with Crippen LogP contribution in [0.3, 0.4) is 0 Å². The van der Waals surface area contributed by atoms with Gasteiger partial charge < -0.3 is 10.6 Å². The van der Waals surface area contributed by atoms with Crippen molar-refractivity contribution in [2.24, 2.45) is 4.99 Å². The van der Waals surface area contributed by atoms with E-state index in [1.807, 2.05) is 26.1 Å². The third-order valence-corrected chi connectivity index (χ3v) is 4.57. The predicted molar refractivity (Wildman–Crippen MR) is 99.4 cm³/mol. The minimum atomic E-state index is -0.184. The molecule has 0 spiro atoms. The average Bonchev–Trinajstić information content (AvgIpc) is 2.95. The van der Waals surface area contributed by atoms with Crippen LogP contribution in [0.15, 0.2) is 29.4 Å². The van der Waals surface area contributed by atoms with E-state index in [1.165, 1.54) is 10.9 Å². The number of guanidine groups is 1. The topological polar surface area (TPSA) is 49.3 Å². The number of hydrogen-bond donors (Lipinski definition) is 2. The second-order valence-corrected chi connectivity index (χ2v) is 6.94. The summed E-state index contributed by atoms with van der Waals surface area (Å²) in [6.45, 7) is 8.33. The van der Waals surface area contributed by atoms with Crippen LogP contribution in [-0.2, 0) is 12.8 Å². The molecule has 0 aliphatic carbocycles. The Balaban J connectivity index is 1.82. The molecule has 0 bridgehead atoms. The SMILES string of the molecule is CCNC(=NCCc1ncc(C)s1)NCCc1ccc(F)cc1C. The van der Waals surface area contributed by atoms with Gasteiger partial charge in [-0.3, -0.25) is 4.99 Å². The van der Waals surface area contributed by atoms with Gasteiger partial charge in [-0.25, -0.2) is 9.37 Å². The van der Waals surface area contributed by atoms with Gasteiger partial charge in [0.05, 0.1) is 5.01 Å². The molecule has 2 N–H and O–H groups in total. The molecule has 0 atom stereocenters. The standard InChI is InChI=1S/C18H25FN4S/c1-4-20-18(22-10-8-17-23-12-14(3)24-17)21-9-7-15-5-6-16(19)11-13(15)2/h5-6,11-12H,4,7-10H2,1-3H3,(H2,20,21,22). The first-order valence-corrected chi connectivity index (χ1v) is 9.08. The van der Waals surface area contributed by atoms with Crippen molar-refractivity contribution in [2.75, 3.05) is 19.6 Å². The largest absolute Gasteiger partial charge is 0.357 e. The van der Waals surface area contributed by atoms with Crippen molar-refractivity contribution in [1.29, 1.82) is 0 Å². The Morgan fingerprint density at radius 1 is 1.25 bits per heavy atom. The van der Waals surface area contributed by atoms with E-state index in [-0.39, 0.29) is 5.82 Å². The first-order chi connectivity index (χ1) is 11.6. The fourth-order valence-corrected chi connectivity index (χ4v) is 3.15. The van der Waals surface area contributed by atoms with Gasteiger partial charge in [0.25, 0.3) is 0 Å². The molecule has 1 aromatic carbocycles. The normalized spacial score (nSPS) is 11.6. The van der Waals surface area contributed by atoms with Crippen molar-refractivity contribution in [3.8, 4) is 0 Å². The summed E-state index contributed by atoms with van der Waals surface area (Å²) in [5.74, 6) is 0.627. The van der Waals surface area contributed by atoms with Crippen LogP contribution in [0.1, 0.15) is 27.9 Å². The van der Waals surface area contributed by atoms with E-state index in [0.29, 0.717) is 6.54 Å². The van der Waals surface area contributed by atoms with Crippen LogP contribution in [0.4, 0.5) is 4.39 Å². The van der Waals surface area contributed by atoms with Gasteiger partial charge in [-0.15, -0.1) is 11.3 Å². The quantitative estimate of drug-likeness (QED) is 0.596. The molecular formula is C18H25FN4S. The molecule has 0 amide bonds. The third kappa shape index (κ3) is 5.92. The number of aryl methyl sites for hydroxylation is 2. The van der Waals surface area contributed by atoms with Gasteiger partial charge in [0.2, 0.25) is 0 Å². The van der Waals surface area contributed by atoms with Crippen LogP contribution in [0.2, 0.25) is 0 Å². The van der Waals surface area contributed by atoms with E-state index in [1.54, 1.807) is 17.4 Å². The zero-order chi connectivity index (χ0) is 17.4. The van der Waals surface area contributed by atoms with Crippen LogP contribution in [0.5, 0.6) is 0 Å². The van der Waals surface area contributed by atoms with Crippen LogP contribution in [0, 0.1) is 19.7 Å². The number of hydrogen-bond acceptors (Lipinski definition) is 3. The van der Waals surface area contributed by atoms with Crippen molar-refractivity contribution < 1.29 is 4.39 Å². The molecule has 1 aromatic heterocycles. The molecule has 1 heterocycles. The van der Waals surface area contributed by atoms with Crippen LogP contribution < -0.4 is 10.6 Å². The van der Waals surface area contributed by atoms with Crippen molar-refractivity contribution in [3.05, 3.63) is 51.2 Å². The zero-order valence-electron chi connectivity index (χ0n) is 14.5. The maximum Gasteiger partial charge on any atom is 0.191 e.